The SMILES string of the molecule is Cc1cc(C(=O)NCCCc2cn[nH]c2C)cc(Cl)n1. The largest absolute Gasteiger partial charge is 0.352 e. The monoisotopic (exact) mass is 292 g/mol. The fourth-order valence-corrected chi connectivity index (χ4v) is 2.22. The highest BCUT2D eigenvalue weighted by atomic mass is 35.5. The number of amides is 1. The summed E-state index contributed by atoms with van der Waals surface area (Å²) in [7, 11) is 0. The van der Waals surface area contributed by atoms with Gasteiger partial charge in [-0.25, -0.2) is 4.98 Å². The van der Waals surface area contributed by atoms with Crippen molar-refractivity contribution in [3.05, 3.63) is 46.0 Å². The van der Waals surface area contributed by atoms with Crippen LogP contribution in [-0.4, -0.2) is 27.6 Å². The number of nitrogens with one attached hydrogen (secondary N) is 2. The molecule has 2 aromatic heterocycles. The molecule has 0 saturated heterocycles. The topological polar surface area (TPSA) is 70.7 Å². The molecule has 1 amide bonds. The summed E-state index contributed by atoms with van der Waals surface area (Å²) in [6, 6.07) is 3.30. The van der Waals surface area contributed by atoms with Gasteiger partial charge in [0.15, 0.2) is 0 Å². The molecule has 0 unspecified atom stereocenters. The molecular weight excluding hydrogens is 276 g/mol. The van der Waals surface area contributed by atoms with Crippen molar-refractivity contribution in [2.75, 3.05) is 6.54 Å². The van der Waals surface area contributed by atoms with E-state index >= 15 is 0 Å². The Kier molecular flexibility index (Phi) is 4.74. The van der Waals surface area contributed by atoms with Crippen LogP contribution in [0.4, 0.5) is 0 Å². The van der Waals surface area contributed by atoms with Crippen molar-refractivity contribution in [3.63, 3.8) is 0 Å². The van der Waals surface area contributed by atoms with Crippen molar-refractivity contribution in [1.82, 2.24) is 20.5 Å². The highest BCUT2D eigenvalue weighted by Crippen LogP contribution is 2.10. The number of pyridine rings is 1. The maximum atomic E-state index is 12.0. The first-order valence-corrected chi connectivity index (χ1v) is 6.85. The van der Waals surface area contributed by atoms with Crippen LogP contribution in [-0.2, 0) is 6.42 Å². The van der Waals surface area contributed by atoms with E-state index in [0.29, 0.717) is 17.3 Å². The zero-order chi connectivity index (χ0) is 14.5. The third-order valence-electron chi connectivity index (χ3n) is 3.03. The van der Waals surface area contributed by atoms with Crippen molar-refractivity contribution in [2.45, 2.75) is 26.7 Å². The van der Waals surface area contributed by atoms with Gasteiger partial charge in [-0.2, -0.15) is 5.10 Å². The molecule has 0 aliphatic carbocycles. The Labute approximate surface area is 122 Å². The minimum Gasteiger partial charge on any atom is -0.352 e. The lowest BCUT2D eigenvalue weighted by Gasteiger charge is -2.06. The molecule has 20 heavy (non-hydrogen) atoms. The highest BCUT2D eigenvalue weighted by Gasteiger charge is 2.07. The summed E-state index contributed by atoms with van der Waals surface area (Å²) in [6.45, 7) is 4.41. The highest BCUT2D eigenvalue weighted by molar-refractivity contribution is 6.29. The summed E-state index contributed by atoms with van der Waals surface area (Å²) in [5.41, 5.74) is 3.54. The predicted molar refractivity (Wildman–Crippen MR) is 78.0 cm³/mol. The number of nitrogens with zero attached hydrogens (tertiary/aromatic N) is 2. The first-order valence-electron chi connectivity index (χ1n) is 6.47. The molecule has 2 aromatic rings. The van der Waals surface area contributed by atoms with Crippen molar-refractivity contribution in [3.8, 4) is 0 Å². The molecule has 0 fully saturated rings. The Balaban J connectivity index is 1.82. The van der Waals surface area contributed by atoms with Gasteiger partial charge in [0.1, 0.15) is 5.15 Å². The van der Waals surface area contributed by atoms with Crippen LogP contribution in [0.5, 0.6) is 0 Å². The lowest BCUT2D eigenvalue weighted by molar-refractivity contribution is 0.0953. The number of aryl methyl sites for hydroxylation is 3. The molecule has 2 N–H and O–H groups in total. The average Bonchev–Trinajstić information content (AvgIpc) is 2.79. The minimum absolute atomic E-state index is 0.124. The van der Waals surface area contributed by atoms with Gasteiger partial charge in [0.2, 0.25) is 0 Å². The molecular formula is C14H17ClN4O. The van der Waals surface area contributed by atoms with Gasteiger partial charge in [-0.3, -0.25) is 9.89 Å². The Morgan fingerprint density at radius 1 is 1.40 bits per heavy atom. The first kappa shape index (κ1) is 14.5. The Bertz CT molecular complexity index is 589. The lowest BCUT2D eigenvalue weighted by atomic mass is 10.1. The van der Waals surface area contributed by atoms with Crippen LogP contribution in [0.25, 0.3) is 0 Å². The fourth-order valence-electron chi connectivity index (χ4n) is 1.97. The number of halogens is 1. The fraction of sp³-hybridized carbons (Fsp3) is 0.357. The second-order valence-corrected chi connectivity index (χ2v) is 5.09. The molecule has 0 aliphatic rings. The molecule has 0 aromatic carbocycles. The Morgan fingerprint density at radius 2 is 2.20 bits per heavy atom. The summed E-state index contributed by atoms with van der Waals surface area (Å²) >= 11 is 5.84. The molecule has 0 saturated carbocycles. The molecule has 2 heterocycles. The molecule has 0 aliphatic heterocycles. The first-order chi connectivity index (χ1) is 9.56. The number of H-pyrrole nitrogens is 1. The van der Waals surface area contributed by atoms with E-state index in [1.54, 1.807) is 12.1 Å². The number of hydrogen-bond donors (Lipinski definition) is 2. The van der Waals surface area contributed by atoms with Gasteiger partial charge in [0.05, 0.1) is 6.20 Å². The average molecular weight is 293 g/mol. The van der Waals surface area contributed by atoms with E-state index in [9.17, 15) is 4.79 Å². The number of carbonyl (C=O) groups excluding carboxylic acids is 1. The third kappa shape index (κ3) is 3.81. The third-order valence-corrected chi connectivity index (χ3v) is 3.22. The summed E-state index contributed by atoms with van der Waals surface area (Å²) < 4.78 is 0. The normalized spacial score (nSPS) is 10.6. The Morgan fingerprint density at radius 3 is 2.85 bits per heavy atom. The van der Waals surface area contributed by atoms with Crippen molar-refractivity contribution >= 4 is 17.5 Å². The zero-order valence-corrected chi connectivity index (χ0v) is 12.3. The van der Waals surface area contributed by atoms with E-state index in [4.69, 9.17) is 11.6 Å². The molecule has 5 nitrogen and oxygen atoms in total. The quantitative estimate of drug-likeness (QED) is 0.657. The molecule has 0 atom stereocenters. The van der Waals surface area contributed by atoms with Crippen LogP contribution < -0.4 is 5.32 Å². The van der Waals surface area contributed by atoms with Gasteiger partial charge < -0.3 is 5.32 Å². The summed E-state index contributed by atoms with van der Waals surface area (Å²) in [5.74, 6) is -0.124. The number of aromatic nitrogens is 3. The Hall–Kier alpha value is -1.88. The second-order valence-electron chi connectivity index (χ2n) is 4.70. The number of aromatic amines is 1. The molecule has 0 spiro atoms. The van der Waals surface area contributed by atoms with Crippen LogP contribution >= 0.6 is 11.6 Å². The molecule has 6 heteroatoms. The summed E-state index contributed by atoms with van der Waals surface area (Å²) in [5, 5.41) is 10.1. The van der Waals surface area contributed by atoms with Gasteiger partial charge in [-0.15, -0.1) is 0 Å². The van der Waals surface area contributed by atoms with E-state index in [1.165, 1.54) is 5.56 Å². The number of carbonyl (C=O) groups is 1. The predicted octanol–water partition coefficient (Wildman–Crippen LogP) is 2.44. The maximum Gasteiger partial charge on any atom is 0.251 e. The maximum absolute atomic E-state index is 12.0. The van der Waals surface area contributed by atoms with Crippen molar-refractivity contribution < 1.29 is 4.79 Å². The second kappa shape index (κ2) is 6.52. The van der Waals surface area contributed by atoms with Gasteiger partial charge in [-0.05, 0) is 44.4 Å². The zero-order valence-electron chi connectivity index (χ0n) is 11.5. The van der Waals surface area contributed by atoms with Gasteiger partial charge in [0.25, 0.3) is 5.91 Å². The van der Waals surface area contributed by atoms with E-state index < -0.39 is 0 Å². The smallest absolute Gasteiger partial charge is 0.251 e. The molecule has 106 valence electrons. The van der Waals surface area contributed by atoms with E-state index in [-0.39, 0.29) is 5.91 Å². The van der Waals surface area contributed by atoms with Gasteiger partial charge >= 0.3 is 0 Å². The van der Waals surface area contributed by atoms with E-state index in [0.717, 1.165) is 24.2 Å². The summed E-state index contributed by atoms with van der Waals surface area (Å²) in [6.07, 6.45) is 3.58. The van der Waals surface area contributed by atoms with Crippen LogP contribution in [0, 0.1) is 13.8 Å². The van der Waals surface area contributed by atoms with Crippen molar-refractivity contribution in [1.29, 1.82) is 0 Å². The number of rotatable bonds is 5. The van der Waals surface area contributed by atoms with Crippen LogP contribution in [0.2, 0.25) is 5.15 Å². The molecule has 0 bridgehead atoms. The van der Waals surface area contributed by atoms with Gasteiger partial charge in [-0.1, -0.05) is 11.6 Å². The van der Waals surface area contributed by atoms with E-state index in [1.807, 2.05) is 20.0 Å². The van der Waals surface area contributed by atoms with Crippen LogP contribution in [0.3, 0.4) is 0 Å². The van der Waals surface area contributed by atoms with E-state index in [2.05, 4.69) is 20.5 Å². The lowest BCUT2D eigenvalue weighted by Crippen LogP contribution is -2.25. The molecule has 0 radical (unpaired) electrons. The van der Waals surface area contributed by atoms with Crippen LogP contribution in [0.1, 0.15) is 33.7 Å². The summed E-state index contributed by atoms with van der Waals surface area (Å²) in [4.78, 5) is 16.0. The minimum atomic E-state index is -0.124. The van der Waals surface area contributed by atoms with Crippen LogP contribution in [0.15, 0.2) is 18.3 Å². The molecule has 2 rings (SSSR count). The number of hydrogen-bond acceptors (Lipinski definition) is 3. The van der Waals surface area contributed by atoms with Gasteiger partial charge in [0, 0.05) is 23.5 Å². The van der Waals surface area contributed by atoms with Crippen molar-refractivity contribution in [2.24, 2.45) is 0 Å². The standard InChI is InChI=1S/C14H17ClN4O/c1-9-6-12(7-13(15)18-9)14(20)16-5-3-4-11-8-17-19-10(11)2/h6-8H,3-5H2,1-2H3,(H,16,20)(H,17,19).